The van der Waals surface area contributed by atoms with Crippen LogP contribution in [0.15, 0.2) is 72.8 Å². The Morgan fingerprint density at radius 1 is 0.509 bits per heavy atom. The van der Waals surface area contributed by atoms with Gasteiger partial charge in [0.15, 0.2) is 0 Å². The van der Waals surface area contributed by atoms with Crippen LogP contribution in [0.1, 0.15) is 125 Å². The summed E-state index contributed by atoms with van der Waals surface area (Å²) in [5.41, 5.74) is -5.61. The maximum atomic E-state index is 14.6. The first kappa shape index (κ1) is 39.2. The Balaban J connectivity index is 1.33. The monoisotopic (exact) mass is 764 g/mol. The predicted molar refractivity (Wildman–Crippen MR) is 193 cm³/mol. The van der Waals surface area contributed by atoms with Crippen molar-refractivity contribution < 1.29 is 50.3 Å². The van der Waals surface area contributed by atoms with E-state index in [0.717, 1.165) is 24.3 Å². The molecule has 4 aromatic rings. The van der Waals surface area contributed by atoms with Crippen LogP contribution < -0.4 is 9.64 Å². The fourth-order valence-corrected chi connectivity index (χ4v) is 7.18. The molecule has 0 saturated carbocycles. The zero-order chi connectivity index (χ0) is 40.4. The van der Waals surface area contributed by atoms with Gasteiger partial charge in [0.2, 0.25) is 0 Å². The number of nitrogens with zero attached hydrogens (tertiary/aromatic N) is 2. The molecule has 2 aliphatic heterocycles. The molecule has 0 saturated heterocycles. The van der Waals surface area contributed by atoms with Crippen LogP contribution in [0, 0.1) is 0 Å². The van der Waals surface area contributed by atoms with Gasteiger partial charge in [-0.05, 0) is 109 Å². The van der Waals surface area contributed by atoms with Crippen molar-refractivity contribution in [3.63, 3.8) is 0 Å². The van der Waals surface area contributed by atoms with Gasteiger partial charge in [0.25, 0.3) is 23.6 Å². The zero-order valence-corrected chi connectivity index (χ0v) is 31.0. The Morgan fingerprint density at radius 2 is 0.945 bits per heavy atom. The maximum Gasteiger partial charge on any atom is 0.417 e. The molecule has 2 aliphatic rings. The predicted octanol–water partition coefficient (Wildman–Crippen LogP) is 11.2. The van der Waals surface area contributed by atoms with Gasteiger partial charge in [-0.2, -0.15) is 26.3 Å². The second-order valence-corrected chi connectivity index (χ2v) is 14.4. The van der Waals surface area contributed by atoms with E-state index in [0.29, 0.717) is 42.2 Å². The van der Waals surface area contributed by atoms with Gasteiger partial charge in [-0.25, -0.2) is 4.90 Å². The summed E-state index contributed by atoms with van der Waals surface area (Å²) >= 11 is 0. The molecule has 0 aliphatic carbocycles. The van der Waals surface area contributed by atoms with Gasteiger partial charge in [0, 0.05) is 5.54 Å². The molecule has 55 heavy (non-hydrogen) atoms. The van der Waals surface area contributed by atoms with Crippen LogP contribution in [-0.2, 0) is 17.8 Å². The summed E-state index contributed by atoms with van der Waals surface area (Å²) in [7, 11) is 0. The third-order valence-corrected chi connectivity index (χ3v) is 11.5. The molecule has 4 aromatic carbocycles. The van der Waals surface area contributed by atoms with E-state index in [-0.39, 0.29) is 33.8 Å². The Kier molecular flexibility index (Phi) is 9.76. The van der Waals surface area contributed by atoms with Crippen LogP contribution in [0.25, 0.3) is 11.1 Å². The highest BCUT2D eigenvalue weighted by Gasteiger charge is 2.46. The van der Waals surface area contributed by atoms with Crippen LogP contribution in [0.5, 0.6) is 11.5 Å². The molecule has 0 N–H and O–H groups in total. The highest BCUT2D eigenvalue weighted by molar-refractivity contribution is 6.34. The minimum atomic E-state index is -5.17. The number of halogens is 6. The summed E-state index contributed by atoms with van der Waals surface area (Å²) in [6.45, 7) is 11.0. The molecule has 0 fully saturated rings. The smallest absolute Gasteiger partial charge is 0.417 e. The molecule has 0 unspecified atom stereocenters. The molecule has 0 atom stereocenters. The number of alkyl halides is 6. The highest BCUT2D eigenvalue weighted by Crippen LogP contribution is 2.46. The fraction of sp³-hybridized carbons (Fsp3) is 0.333. The van der Waals surface area contributed by atoms with Crippen molar-refractivity contribution in [2.45, 2.75) is 90.5 Å². The van der Waals surface area contributed by atoms with Crippen molar-refractivity contribution in [2.75, 3.05) is 4.90 Å². The summed E-state index contributed by atoms with van der Waals surface area (Å²) < 4.78 is 93.2. The largest absolute Gasteiger partial charge is 0.457 e. The molecule has 13 heteroatoms. The second kappa shape index (κ2) is 13.7. The van der Waals surface area contributed by atoms with Gasteiger partial charge in [-0.15, -0.1) is 0 Å². The Morgan fingerprint density at radius 3 is 1.45 bits per heavy atom. The summed E-state index contributed by atoms with van der Waals surface area (Å²) in [4.78, 5) is 55.4. The number of carbonyl (C=O) groups excluding carboxylic acids is 4. The van der Waals surface area contributed by atoms with Gasteiger partial charge < -0.3 is 4.74 Å². The summed E-state index contributed by atoms with van der Waals surface area (Å²) in [6, 6.07) is 13.9. The zero-order valence-electron chi connectivity index (χ0n) is 31.0. The average molecular weight is 765 g/mol. The topological polar surface area (TPSA) is 84.0 Å². The van der Waals surface area contributed by atoms with E-state index < -0.39 is 74.9 Å². The van der Waals surface area contributed by atoms with Crippen molar-refractivity contribution in [1.82, 2.24) is 4.90 Å². The lowest BCUT2D eigenvalue weighted by Crippen LogP contribution is -2.48. The molecule has 4 amide bonds. The van der Waals surface area contributed by atoms with E-state index in [1.807, 2.05) is 34.6 Å². The lowest BCUT2D eigenvalue weighted by atomic mass is 9.76. The molecule has 288 valence electrons. The Labute approximate surface area is 313 Å². The van der Waals surface area contributed by atoms with Gasteiger partial charge in [-0.3, -0.25) is 24.1 Å². The molecular formula is C42H38F6N2O5. The molecule has 2 heterocycles. The fourth-order valence-electron chi connectivity index (χ4n) is 7.18. The van der Waals surface area contributed by atoms with Crippen LogP contribution >= 0.6 is 0 Å². The average Bonchev–Trinajstić information content (AvgIpc) is 3.56. The van der Waals surface area contributed by atoms with Crippen LogP contribution in [0.4, 0.5) is 32.0 Å². The van der Waals surface area contributed by atoms with Crippen molar-refractivity contribution in [3.05, 3.63) is 112 Å². The van der Waals surface area contributed by atoms with Crippen molar-refractivity contribution >= 4 is 29.3 Å². The van der Waals surface area contributed by atoms with E-state index in [2.05, 4.69) is 0 Å². The number of rotatable bonds is 10. The molecular weight excluding hydrogens is 726 g/mol. The number of hydrogen-bond donors (Lipinski definition) is 0. The number of benzene rings is 4. The summed E-state index contributed by atoms with van der Waals surface area (Å²) in [6.07, 6.45) is -8.06. The highest BCUT2D eigenvalue weighted by atomic mass is 19.4. The minimum absolute atomic E-state index is 0.0546. The number of fused-ring (bicyclic) bond motifs is 2. The molecule has 6 rings (SSSR count). The van der Waals surface area contributed by atoms with Crippen LogP contribution in [0.2, 0.25) is 0 Å². The normalized spacial score (nSPS) is 14.9. The number of carbonyl (C=O) groups is 4. The second-order valence-electron chi connectivity index (χ2n) is 14.4. The van der Waals surface area contributed by atoms with Gasteiger partial charge >= 0.3 is 12.4 Å². The van der Waals surface area contributed by atoms with Gasteiger partial charge in [0.05, 0.1) is 39.1 Å². The van der Waals surface area contributed by atoms with E-state index in [1.165, 1.54) is 47.4 Å². The van der Waals surface area contributed by atoms with E-state index in [4.69, 9.17) is 4.74 Å². The first-order chi connectivity index (χ1) is 25.7. The maximum absolute atomic E-state index is 14.6. The summed E-state index contributed by atoms with van der Waals surface area (Å²) in [5, 5.41) is 0. The van der Waals surface area contributed by atoms with Gasteiger partial charge in [0.1, 0.15) is 11.5 Å². The lowest BCUT2D eigenvalue weighted by molar-refractivity contribution is -0.139. The first-order valence-electron chi connectivity index (χ1n) is 17.9. The Hall–Kier alpha value is -5.46. The number of amides is 4. The van der Waals surface area contributed by atoms with Gasteiger partial charge in [-0.1, -0.05) is 52.8 Å². The number of imide groups is 2. The molecule has 0 bridgehead atoms. The van der Waals surface area contributed by atoms with Crippen LogP contribution in [-0.4, -0.2) is 34.1 Å². The number of hydrogen-bond acceptors (Lipinski definition) is 5. The molecule has 0 aromatic heterocycles. The van der Waals surface area contributed by atoms with E-state index in [9.17, 15) is 45.5 Å². The van der Waals surface area contributed by atoms with E-state index >= 15 is 0 Å². The number of ether oxygens (including phenoxy) is 1. The standard InChI is InChI=1S/C42H38F6N2O5/c1-7-39(5,8-2)23-11-15-27(33(19-23)41(43,44)45)28-16-12-24(20-34(28)42(46,47)48)49-35(51)29-17-13-25(21-31(29)36(49)52)55-26-14-18-30-32(22-26)38(54)50(37(30)53)40(6,9-3)10-4/h11-22H,7-10H2,1-6H3. The van der Waals surface area contributed by atoms with Crippen molar-refractivity contribution in [2.24, 2.45) is 0 Å². The molecule has 7 nitrogen and oxygen atoms in total. The van der Waals surface area contributed by atoms with E-state index in [1.54, 1.807) is 6.92 Å². The quantitative estimate of drug-likeness (QED) is 0.119. The molecule has 0 radical (unpaired) electrons. The molecule has 0 spiro atoms. The summed E-state index contributed by atoms with van der Waals surface area (Å²) in [5.74, 6) is -2.62. The first-order valence-corrected chi connectivity index (χ1v) is 17.9. The third kappa shape index (κ3) is 6.57. The van der Waals surface area contributed by atoms with Crippen LogP contribution in [0.3, 0.4) is 0 Å². The number of anilines is 1. The Bertz CT molecular complexity index is 2250. The minimum Gasteiger partial charge on any atom is -0.457 e. The SMILES string of the molecule is CCC(C)(CC)c1ccc(-c2ccc(N3C(=O)c4ccc(Oc5ccc6c(c5)C(=O)N(C(C)(CC)CC)C6=O)cc4C3=O)cc2C(F)(F)F)c(C(F)(F)F)c1. The van der Waals surface area contributed by atoms with Crippen molar-refractivity contribution in [3.8, 4) is 22.6 Å². The third-order valence-electron chi connectivity index (χ3n) is 11.5. The van der Waals surface area contributed by atoms with Crippen molar-refractivity contribution in [1.29, 1.82) is 0 Å². The lowest BCUT2D eigenvalue weighted by Gasteiger charge is -2.35.